The predicted octanol–water partition coefficient (Wildman–Crippen LogP) is -0.106. The molecule has 0 unspecified atom stereocenters. The van der Waals surface area contributed by atoms with Gasteiger partial charge in [0, 0.05) is 52.4 Å². The molecule has 0 spiro atoms. The molecule has 1 N–H and O–H groups in total. The number of ether oxygens (including phenoxy) is 1. The molecule has 0 aromatic heterocycles. The summed E-state index contributed by atoms with van der Waals surface area (Å²) in [4.78, 5) is 31.8. The van der Waals surface area contributed by atoms with Crippen molar-refractivity contribution in [1.82, 2.24) is 19.6 Å². The van der Waals surface area contributed by atoms with Crippen molar-refractivity contribution in [3.8, 4) is 0 Å². The van der Waals surface area contributed by atoms with Crippen molar-refractivity contribution in [2.45, 2.75) is 26.4 Å². The number of carbonyl (C=O) groups excluding carboxylic acids is 1. The zero-order chi connectivity index (χ0) is 19.7. The van der Waals surface area contributed by atoms with E-state index in [1.807, 2.05) is 25.7 Å². The molecule has 8 heteroatoms. The number of carboxylic acids is 1. The number of rotatable bonds is 4. The number of hydrogen-bond donors (Lipinski definition) is 1. The molecule has 1 aliphatic rings. The smallest absolute Gasteiger partial charge is 0.320 e. The first-order chi connectivity index (χ1) is 12.0. The highest BCUT2D eigenvalue weighted by Gasteiger charge is 2.21. The maximum Gasteiger partial charge on any atom is 0.320 e. The van der Waals surface area contributed by atoms with Crippen LogP contribution in [-0.4, -0.2) is 122 Å². The van der Waals surface area contributed by atoms with Crippen molar-refractivity contribution in [1.29, 1.82) is 0 Å². The van der Waals surface area contributed by atoms with E-state index in [-0.39, 0.29) is 19.1 Å². The van der Waals surface area contributed by atoms with Gasteiger partial charge >= 0.3 is 11.9 Å². The van der Waals surface area contributed by atoms with Crippen LogP contribution in [0.1, 0.15) is 20.8 Å². The van der Waals surface area contributed by atoms with Crippen LogP contribution in [0.25, 0.3) is 0 Å². The second-order valence-corrected chi connectivity index (χ2v) is 8.14. The molecule has 0 aromatic rings. The largest absolute Gasteiger partial charge is 0.480 e. The fourth-order valence-corrected chi connectivity index (χ4v) is 2.76. The van der Waals surface area contributed by atoms with Crippen molar-refractivity contribution in [3.05, 3.63) is 0 Å². The van der Waals surface area contributed by atoms with Crippen LogP contribution in [0, 0.1) is 0 Å². The van der Waals surface area contributed by atoms with Crippen molar-refractivity contribution in [2.24, 2.45) is 0 Å². The highest BCUT2D eigenvalue weighted by Crippen LogP contribution is 2.08. The van der Waals surface area contributed by atoms with E-state index in [9.17, 15) is 9.59 Å². The van der Waals surface area contributed by atoms with E-state index in [1.165, 1.54) is 0 Å². The normalized spacial score (nSPS) is 21.0. The lowest BCUT2D eigenvalue weighted by Gasteiger charge is -2.31. The fourth-order valence-electron chi connectivity index (χ4n) is 2.76. The van der Waals surface area contributed by atoms with Crippen LogP contribution < -0.4 is 0 Å². The Labute approximate surface area is 157 Å². The van der Waals surface area contributed by atoms with Gasteiger partial charge in [0.15, 0.2) is 0 Å². The number of likely N-dealkylation sites (N-methyl/N-ethyl adjacent to an activating group) is 2. The molecular weight excluding hydrogens is 336 g/mol. The molecule has 26 heavy (non-hydrogen) atoms. The Morgan fingerprint density at radius 1 is 0.808 bits per heavy atom. The minimum Gasteiger partial charge on any atom is -0.480 e. The van der Waals surface area contributed by atoms with E-state index in [0.29, 0.717) is 19.6 Å². The minimum absolute atomic E-state index is 0.0218. The second kappa shape index (κ2) is 10.8. The lowest BCUT2D eigenvalue weighted by atomic mass is 10.2. The highest BCUT2D eigenvalue weighted by atomic mass is 16.6. The van der Waals surface area contributed by atoms with E-state index in [1.54, 1.807) is 0 Å². The Morgan fingerprint density at radius 3 is 1.62 bits per heavy atom. The zero-order valence-electron chi connectivity index (χ0n) is 17.0. The molecule has 0 aromatic carbocycles. The Bertz CT molecular complexity index is 453. The SMILES string of the molecule is CN1CCN(C)CCN(CC(=O)OC(C)(C)C)CCN(CC(=O)O)CC1. The molecule has 0 amide bonds. The highest BCUT2D eigenvalue weighted by molar-refractivity contribution is 5.72. The summed E-state index contributed by atoms with van der Waals surface area (Å²) in [5, 5.41) is 9.14. The minimum atomic E-state index is -0.821. The van der Waals surface area contributed by atoms with Gasteiger partial charge in [-0.3, -0.25) is 19.4 Å². The van der Waals surface area contributed by atoms with E-state index in [4.69, 9.17) is 9.84 Å². The van der Waals surface area contributed by atoms with E-state index in [0.717, 1.165) is 32.7 Å². The molecular formula is C18H36N4O4. The molecule has 152 valence electrons. The van der Waals surface area contributed by atoms with E-state index >= 15 is 0 Å². The van der Waals surface area contributed by atoms with E-state index in [2.05, 4.69) is 28.8 Å². The first-order valence-electron chi connectivity index (χ1n) is 9.30. The van der Waals surface area contributed by atoms with Crippen molar-refractivity contribution < 1.29 is 19.4 Å². The van der Waals surface area contributed by atoms with Crippen LogP contribution in [0.3, 0.4) is 0 Å². The second-order valence-electron chi connectivity index (χ2n) is 8.14. The van der Waals surface area contributed by atoms with Crippen molar-refractivity contribution in [3.63, 3.8) is 0 Å². The maximum absolute atomic E-state index is 12.2. The number of nitrogens with zero attached hydrogens (tertiary/aromatic N) is 4. The van der Waals surface area contributed by atoms with Gasteiger partial charge in [0.25, 0.3) is 0 Å². The maximum atomic E-state index is 12.2. The van der Waals surface area contributed by atoms with Crippen molar-refractivity contribution in [2.75, 3.05) is 79.5 Å². The third-order valence-electron chi connectivity index (χ3n) is 4.32. The summed E-state index contributed by atoms with van der Waals surface area (Å²) in [6, 6.07) is 0. The van der Waals surface area contributed by atoms with Gasteiger partial charge in [-0.05, 0) is 34.9 Å². The number of esters is 1. The average Bonchev–Trinajstić information content (AvgIpc) is 2.49. The molecule has 0 bridgehead atoms. The lowest BCUT2D eigenvalue weighted by molar-refractivity contribution is -0.156. The van der Waals surface area contributed by atoms with Crippen molar-refractivity contribution >= 4 is 11.9 Å². The Balaban J connectivity index is 2.71. The summed E-state index contributed by atoms with van der Waals surface area (Å²) < 4.78 is 5.44. The molecule has 1 heterocycles. The van der Waals surface area contributed by atoms with Gasteiger partial charge in [0.2, 0.25) is 0 Å². The van der Waals surface area contributed by atoms with Gasteiger partial charge in [-0.15, -0.1) is 0 Å². The Hall–Kier alpha value is -1.22. The number of carbonyl (C=O) groups is 2. The molecule has 1 saturated heterocycles. The fraction of sp³-hybridized carbons (Fsp3) is 0.889. The van der Waals surface area contributed by atoms with Crippen LogP contribution in [0.15, 0.2) is 0 Å². The topological polar surface area (TPSA) is 76.6 Å². The lowest BCUT2D eigenvalue weighted by Crippen LogP contribution is -2.47. The van der Waals surface area contributed by atoms with Crippen LogP contribution in [0.2, 0.25) is 0 Å². The Morgan fingerprint density at radius 2 is 1.19 bits per heavy atom. The summed E-state index contributed by atoms with van der Waals surface area (Å²) in [5.41, 5.74) is -0.500. The summed E-state index contributed by atoms with van der Waals surface area (Å²) in [5.74, 6) is -1.06. The van der Waals surface area contributed by atoms with Crippen LogP contribution in [0.5, 0.6) is 0 Å². The van der Waals surface area contributed by atoms with Gasteiger partial charge in [0.05, 0.1) is 13.1 Å². The summed E-state index contributed by atoms with van der Waals surface area (Å²) in [6.07, 6.45) is 0. The van der Waals surface area contributed by atoms with Gasteiger partial charge in [-0.1, -0.05) is 0 Å². The summed E-state index contributed by atoms with van der Waals surface area (Å²) in [7, 11) is 4.15. The molecule has 1 fully saturated rings. The predicted molar refractivity (Wildman–Crippen MR) is 101 cm³/mol. The zero-order valence-corrected chi connectivity index (χ0v) is 17.0. The number of hydrogen-bond acceptors (Lipinski definition) is 7. The van der Waals surface area contributed by atoms with Crippen LogP contribution in [-0.2, 0) is 14.3 Å². The molecule has 8 nitrogen and oxygen atoms in total. The van der Waals surface area contributed by atoms with Gasteiger partial charge in [-0.2, -0.15) is 0 Å². The first kappa shape index (κ1) is 22.8. The molecule has 0 aliphatic carbocycles. The third-order valence-corrected chi connectivity index (χ3v) is 4.32. The summed E-state index contributed by atoms with van der Waals surface area (Å²) >= 11 is 0. The Kier molecular flexibility index (Phi) is 9.49. The average molecular weight is 373 g/mol. The van der Waals surface area contributed by atoms with Gasteiger partial charge < -0.3 is 19.6 Å². The molecule has 0 atom stereocenters. The third kappa shape index (κ3) is 10.7. The van der Waals surface area contributed by atoms with Gasteiger partial charge in [-0.25, -0.2) is 0 Å². The monoisotopic (exact) mass is 372 g/mol. The molecule has 0 radical (unpaired) electrons. The number of aliphatic carboxylic acids is 1. The molecule has 0 saturated carbocycles. The first-order valence-corrected chi connectivity index (χ1v) is 9.30. The number of carboxylic acid groups (broad SMARTS) is 1. The van der Waals surface area contributed by atoms with Crippen LogP contribution >= 0.6 is 0 Å². The van der Waals surface area contributed by atoms with E-state index < -0.39 is 11.6 Å². The summed E-state index contributed by atoms with van der Waals surface area (Å²) in [6.45, 7) is 12.1. The van der Waals surface area contributed by atoms with Crippen LogP contribution in [0.4, 0.5) is 0 Å². The quantitative estimate of drug-likeness (QED) is 0.686. The standard InChI is InChI=1S/C18H36N4O4/c1-18(2,3)26-17(25)15-22-11-9-20(5)7-6-19(4)8-10-21(12-13-22)14-16(23)24/h6-15H2,1-5H3,(H,23,24). The molecule has 1 rings (SSSR count). The van der Waals surface area contributed by atoms with Gasteiger partial charge in [0.1, 0.15) is 5.60 Å². The molecule has 1 aliphatic heterocycles.